The summed E-state index contributed by atoms with van der Waals surface area (Å²) in [4.78, 5) is 16.4. The molecular weight excluding hydrogens is 292 g/mol. The number of amides is 1. The van der Waals surface area contributed by atoms with Crippen molar-refractivity contribution in [3.8, 4) is 0 Å². The van der Waals surface area contributed by atoms with Gasteiger partial charge in [-0.05, 0) is 30.2 Å². The maximum atomic E-state index is 11.9. The van der Waals surface area contributed by atoms with E-state index in [4.69, 9.17) is 5.21 Å². The van der Waals surface area contributed by atoms with Gasteiger partial charge in [0.25, 0.3) is 5.91 Å². The number of aromatic nitrogens is 2. The zero-order valence-corrected chi connectivity index (χ0v) is 12.7. The first-order valence-corrected chi connectivity index (χ1v) is 7.35. The summed E-state index contributed by atoms with van der Waals surface area (Å²) in [6.07, 6.45) is 4.18. The number of carbonyl (C=O) groups excluding carboxylic acids is 1. The van der Waals surface area contributed by atoms with E-state index in [1.165, 1.54) is 0 Å². The number of hydroxylamine groups is 1. The molecule has 1 aromatic carbocycles. The van der Waals surface area contributed by atoms with E-state index in [2.05, 4.69) is 10.3 Å². The molecule has 23 heavy (non-hydrogen) atoms. The second kappa shape index (κ2) is 6.50. The van der Waals surface area contributed by atoms with Crippen molar-refractivity contribution in [3.63, 3.8) is 0 Å². The maximum absolute atomic E-state index is 11.9. The lowest BCUT2D eigenvalue weighted by Crippen LogP contribution is -2.39. The minimum Gasteiger partial charge on any atom is -0.357 e. The van der Waals surface area contributed by atoms with Gasteiger partial charge < -0.3 is 9.72 Å². The summed E-state index contributed by atoms with van der Waals surface area (Å²) in [5.74, 6) is 0.0854. The molecule has 3 N–H and O–H groups in total. The number of nitrogens with zero attached hydrogens (tertiary/aromatic N) is 2. The molecule has 6 nitrogen and oxygen atoms in total. The average Bonchev–Trinajstić information content (AvgIpc) is 2.96. The van der Waals surface area contributed by atoms with Crippen LogP contribution in [0.3, 0.4) is 0 Å². The Balaban J connectivity index is 1.83. The molecule has 3 rings (SSSR count). The first-order chi connectivity index (χ1) is 11.2. The molecule has 0 spiro atoms. The first kappa shape index (κ1) is 15.1. The molecule has 1 unspecified atom stereocenters. The van der Waals surface area contributed by atoms with Crippen LogP contribution in [0.15, 0.2) is 54.9 Å². The second-order valence-electron chi connectivity index (χ2n) is 5.46. The lowest BCUT2D eigenvalue weighted by molar-refractivity contribution is -0.129. The van der Waals surface area contributed by atoms with Crippen LogP contribution < -0.4 is 10.8 Å². The van der Waals surface area contributed by atoms with Gasteiger partial charge in [-0.3, -0.25) is 10.0 Å². The van der Waals surface area contributed by atoms with E-state index in [9.17, 15) is 4.79 Å². The highest BCUT2D eigenvalue weighted by molar-refractivity contribution is 5.83. The number of pyridine rings is 1. The van der Waals surface area contributed by atoms with Crippen LogP contribution >= 0.6 is 0 Å². The summed E-state index contributed by atoms with van der Waals surface area (Å²) < 4.78 is 1.88. The summed E-state index contributed by atoms with van der Waals surface area (Å²) >= 11 is 0. The standard InChI is InChI=1S/C17H18N4O2/c1-12-7-8-21-11-15(19-16(21)9-12)18-14(17(22)20-23)10-13-5-3-2-4-6-13/h2-9,11,14,18,23H,10H2,1H3,(H,20,22). The quantitative estimate of drug-likeness (QED) is 0.498. The van der Waals surface area contributed by atoms with Gasteiger partial charge in [0.1, 0.15) is 17.5 Å². The van der Waals surface area contributed by atoms with Crippen molar-refractivity contribution in [3.05, 3.63) is 66.0 Å². The molecule has 0 saturated carbocycles. The zero-order chi connectivity index (χ0) is 16.2. The van der Waals surface area contributed by atoms with E-state index in [-0.39, 0.29) is 0 Å². The number of aryl methyl sites for hydroxylation is 1. The molecule has 0 aliphatic carbocycles. The Morgan fingerprint density at radius 1 is 1.30 bits per heavy atom. The second-order valence-corrected chi connectivity index (χ2v) is 5.46. The van der Waals surface area contributed by atoms with Gasteiger partial charge in [0.05, 0.1) is 6.20 Å². The van der Waals surface area contributed by atoms with Gasteiger partial charge >= 0.3 is 0 Å². The molecule has 0 aliphatic rings. The molecule has 2 aromatic heterocycles. The SMILES string of the molecule is Cc1ccn2cc(NC(Cc3ccccc3)C(=O)NO)nc2c1. The average molecular weight is 310 g/mol. The van der Waals surface area contributed by atoms with Gasteiger partial charge in [0.15, 0.2) is 0 Å². The predicted octanol–water partition coefficient (Wildman–Crippen LogP) is 2.17. The summed E-state index contributed by atoms with van der Waals surface area (Å²) in [5, 5.41) is 12.1. The zero-order valence-electron chi connectivity index (χ0n) is 12.7. The number of imidazole rings is 1. The Morgan fingerprint density at radius 3 is 2.83 bits per heavy atom. The Kier molecular flexibility index (Phi) is 4.25. The van der Waals surface area contributed by atoms with Gasteiger partial charge in [0, 0.05) is 12.6 Å². The van der Waals surface area contributed by atoms with Crippen LogP contribution in [0, 0.1) is 6.92 Å². The largest absolute Gasteiger partial charge is 0.357 e. The third-order valence-electron chi connectivity index (χ3n) is 3.65. The van der Waals surface area contributed by atoms with Gasteiger partial charge in [-0.2, -0.15) is 0 Å². The molecule has 118 valence electrons. The third-order valence-corrected chi connectivity index (χ3v) is 3.65. The fraction of sp³-hybridized carbons (Fsp3) is 0.176. The van der Waals surface area contributed by atoms with Gasteiger partial charge in [0.2, 0.25) is 0 Å². The Hall–Kier alpha value is -2.86. The molecule has 0 bridgehead atoms. The monoisotopic (exact) mass is 310 g/mol. The minimum absolute atomic E-state index is 0.445. The van der Waals surface area contributed by atoms with Crippen molar-refractivity contribution < 1.29 is 10.0 Å². The van der Waals surface area contributed by atoms with E-state index in [1.54, 1.807) is 5.48 Å². The molecular formula is C17H18N4O2. The molecule has 0 aliphatic heterocycles. The predicted molar refractivity (Wildman–Crippen MR) is 87.4 cm³/mol. The summed E-state index contributed by atoms with van der Waals surface area (Å²) in [6, 6.07) is 13.0. The van der Waals surface area contributed by atoms with Crippen LogP contribution in [0.2, 0.25) is 0 Å². The Morgan fingerprint density at radius 2 is 2.09 bits per heavy atom. The molecule has 2 heterocycles. The highest BCUT2D eigenvalue weighted by Gasteiger charge is 2.19. The lowest BCUT2D eigenvalue weighted by atomic mass is 10.1. The minimum atomic E-state index is -0.617. The van der Waals surface area contributed by atoms with Crippen molar-refractivity contribution in [2.45, 2.75) is 19.4 Å². The number of carbonyl (C=O) groups is 1. The van der Waals surface area contributed by atoms with E-state index < -0.39 is 11.9 Å². The van der Waals surface area contributed by atoms with Gasteiger partial charge in [-0.25, -0.2) is 10.5 Å². The Bertz CT molecular complexity index is 814. The van der Waals surface area contributed by atoms with Crippen LogP contribution in [0.1, 0.15) is 11.1 Å². The highest BCUT2D eigenvalue weighted by Crippen LogP contribution is 2.14. The molecule has 1 amide bonds. The fourth-order valence-electron chi connectivity index (χ4n) is 2.47. The van der Waals surface area contributed by atoms with Crippen LogP contribution in [-0.2, 0) is 11.2 Å². The van der Waals surface area contributed by atoms with E-state index in [1.807, 2.05) is 66.2 Å². The molecule has 1 atom stereocenters. The van der Waals surface area contributed by atoms with Crippen molar-refractivity contribution in [2.24, 2.45) is 0 Å². The van der Waals surface area contributed by atoms with Crippen LogP contribution in [-0.4, -0.2) is 26.5 Å². The number of rotatable bonds is 5. The highest BCUT2D eigenvalue weighted by atomic mass is 16.5. The van der Waals surface area contributed by atoms with E-state index >= 15 is 0 Å². The van der Waals surface area contributed by atoms with Gasteiger partial charge in [-0.1, -0.05) is 30.3 Å². The van der Waals surface area contributed by atoms with Crippen molar-refractivity contribution in [1.29, 1.82) is 0 Å². The van der Waals surface area contributed by atoms with Crippen molar-refractivity contribution >= 4 is 17.4 Å². The van der Waals surface area contributed by atoms with Gasteiger partial charge in [-0.15, -0.1) is 0 Å². The number of fused-ring (bicyclic) bond motifs is 1. The molecule has 3 aromatic rings. The van der Waals surface area contributed by atoms with E-state index in [0.717, 1.165) is 16.8 Å². The molecule has 0 radical (unpaired) electrons. The summed E-state index contributed by atoms with van der Waals surface area (Å²) in [5.41, 5.74) is 4.62. The van der Waals surface area contributed by atoms with Crippen LogP contribution in [0.4, 0.5) is 5.82 Å². The molecule has 0 saturated heterocycles. The number of hydrogen-bond acceptors (Lipinski definition) is 4. The maximum Gasteiger partial charge on any atom is 0.266 e. The van der Waals surface area contributed by atoms with Crippen molar-refractivity contribution in [2.75, 3.05) is 5.32 Å². The Labute approximate surface area is 133 Å². The number of hydrogen-bond donors (Lipinski definition) is 3. The summed E-state index contributed by atoms with van der Waals surface area (Å²) in [7, 11) is 0. The summed E-state index contributed by atoms with van der Waals surface area (Å²) in [6.45, 7) is 2.00. The first-order valence-electron chi connectivity index (χ1n) is 7.35. The lowest BCUT2D eigenvalue weighted by Gasteiger charge is -2.16. The fourth-order valence-corrected chi connectivity index (χ4v) is 2.47. The van der Waals surface area contributed by atoms with Crippen molar-refractivity contribution in [1.82, 2.24) is 14.9 Å². The topological polar surface area (TPSA) is 78.7 Å². The number of benzene rings is 1. The number of anilines is 1. The normalized spacial score (nSPS) is 12.1. The van der Waals surface area contributed by atoms with Crippen LogP contribution in [0.5, 0.6) is 0 Å². The third kappa shape index (κ3) is 3.49. The van der Waals surface area contributed by atoms with E-state index in [0.29, 0.717) is 12.2 Å². The van der Waals surface area contributed by atoms with Crippen LogP contribution in [0.25, 0.3) is 5.65 Å². The molecule has 6 heteroatoms. The number of nitrogens with one attached hydrogen (secondary N) is 2. The smallest absolute Gasteiger partial charge is 0.266 e. The molecule has 0 fully saturated rings.